The predicted octanol–water partition coefficient (Wildman–Crippen LogP) is 0.492. The first kappa shape index (κ1) is 11.1. The lowest BCUT2D eigenvalue weighted by Crippen LogP contribution is -2.48. The number of nitrogens with zero attached hydrogens (tertiary/aromatic N) is 1. The predicted molar refractivity (Wildman–Crippen MR) is 62.0 cm³/mol. The number of nitrogens with one attached hydrogen (secondary N) is 2. The first-order valence-electron chi connectivity index (χ1n) is 5.76. The Kier molecular flexibility index (Phi) is 3.88. The highest BCUT2D eigenvalue weighted by Gasteiger charge is 2.20. The lowest BCUT2D eigenvalue weighted by Gasteiger charge is -2.22. The Morgan fingerprint density at radius 2 is 2.25 bits per heavy atom. The molecule has 4 heteroatoms. The molecule has 4 nitrogen and oxygen atoms in total. The highest BCUT2D eigenvalue weighted by atomic mass is 16.2. The quantitative estimate of drug-likeness (QED) is 0.775. The van der Waals surface area contributed by atoms with Gasteiger partial charge >= 0.3 is 0 Å². The van der Waals surface area contributed by atoms with E-state index in [2.05, 4.69) is 15.6 Å². The van der Waals surface area contributed by atoms with Crippen molar-refractivity contribution in [2.24, 2.45) is 0 Å². The second-order valence-electron chi connectivity index (χ2n) is 4.05. The van der Waals surface area contributed by atoms with Crippen LogP contribution in [0.25, 0.3) is 0 Å². The van der Waals surface area contributed by atoms with Gasteiger partial charge in [0.2, 0.25) is 5.91 Å². The van der Waals surface area contributed by atoms with Gasteiger partial charge in [-0.2, -0.15) is 0 Å². The summed E-state index contributed by atoms with van der Waals surface area (Å²) >= 11 is 0. The molecule has 0 aromatic carbocycles. The standard InChI is InChI=1S/C12H17N3O/c16-12-11(2-1-6-15-12)14-9-5-10-3-7-13-8-4-10/h3-4,7-8,11,14H,1-2,5-6,9H2,(H,15,16). The molecule has 1 fully saturated rings. The summed E-state index contributed by atoms with van der Waals surface area (Å²) in [4.78, 5) is 15.4. The number of carbonyl (C=O) groups excluding carboxylic acids is 1. The van der Waals surface area contributed by atoms with E-state index < -0.39 is 0 Å². The number of rotatable bonds is 4. The summed E-state index contributed by atoms with van der Waals surface area (Å²) in [7, 11) is 0. The molecule has 16 heavy (non-hydrogen) atoms. The summed E-state index contributed by atoms with van der Waals surface area (Å²) in [6, 6.07) is 4.00. The maximum absolute atomic E-state index is 11.5. The average molecular weight is 219 g/mol. The number of hydrogen-bond donors (Lipinski definition) is 2. The first-order chi connectivity index (χ1) is 7.86. The minimum atomic E-state index is -0.00409. The molecule has 0 spiro atoms. The van der Waals surface area contributed by atoms with Crippen molar-refractivity contribution in [3.05, 3.63) is 30.1 Å². The van der Waals surface area contributed by atoms with Gasteiger partial charge in [-0.3, -0.25) is 9.78 Å². The van der Waals surface area contributed by atoms with Gasteiger partial charge in [0.1, 0.15) is 0 Å². The SMILES string of the molecule is O=C1NCCCC1NCCc1ccncc1. The number of carbonyl (C=O) groups is 1. The van der Waals surface area contributed by atoms with Crippen LogP contribution in [0.4, 0.5) is 0 Å². The van der Waals surface area contributed by atoms with Crippen molar-refractivity contribution in [1.29, 1.82) is 0 Å². The van der Waals surface area contributed by atoms with E-state index in [4.69, 9.17) is 0 Å². The van der Waals surface area contributed by atoms with Crippen LogP contribution in [0.1, 0.15) is 18.4 Å². The Bertz CT molecular complexity index is 339. The zero-order valence-corrected chi connectivity index (χ0v) is 9.28. The molecule has 0 radical (unpaired) electrons. The third-order valence-corrected chi connectivity index (χ3v) is 2.84. The van der Waals surface area contributed by atoms with E-state index in [9.17, 15) is 4.79 Å². The average Bonchev–Trinajstić information content (AvgIpc) is 2.33. The van der Waals surface area contributed by atoms with Gasteiger partial charge in [0.15, 0.2) is 0 Å². The maximum atomic E-state index is 11.5. The van der Waals surface area contributed by atoms with E-state index in [0.717, 1.165) is 32.4 Å². The van der Waals surface area contributed by atoms with Crippen molar-refractivity contribution in [2.45, 2.75) is 25.3 Å². The molecule has 1 aliphatic rings. The molecule has 1 aliphatic heterocycles. The molecule has 1 amide bonds. The molecular formula is C12H17N3O. The van der Waals surface area contributed by atoms with Crippen LogP contribution in [0.2, 0.25) is 0 Å². The Morgan fingerprint density at radius 1 is 1.44 bits per heavy atom. The summed E-state index contributed by atoms with van der Waals surface area (Å²) in [5.74, 6) is 0.140. The Balaban J connectivity index is 1.73. The Labute approximate surface area is 95.5 Å². The van der Waals surface area contributed by atoms with E-state index in [1.54, 1.807) is 12.4 Å². The van der Waals surface area contributed by atoms with Crippen molar-refractivity contribution in [2.75, 3.05) is 13.1 Å². The van der Waals surface area contributed by atoms with Crippen molar-refractivity contribution >= 4 is 5.91 Å². The summed E-state index contributed by atoms with van der Waals surface area (Å²) in [5.41, 5.74) is 1.25. The van der Waals surface area contributed by atoms with Crippen LogP contribution < -0.4 is 10.6 Å². The number of hydrogen-bond acceptors (Lipinski definition) is 3. The van der Waals surface area contributed by atoms with Crippen LogP contribution >= 0.6 is 0 Å². The highest BCUT2D eigenvalue weighted by molar-refractivity contribution is 5.82. The molecule has 0 aliphatic carbocycles. The molecule has 2 N–H and O–H groups in total. The van der Waals surface area contributed by atoms with Crippen LogP contribution in [0.15, 0.2) is 24.5 Å². The van der Waals surface area contributed by atoms with Crippen LogP contribution in [-0.2, 0) is 11.2 Å². The lowest BCUT2D eigenvalue weighted by atomic mass is 10.1. The van der Waals surface area contributed by atoms with Crippen LogP contribution in [0, 0.1) is 0 Å². The molecule has 1 aromatic rings. The topological polar surface area (TPSA) is 54.0 Å². The minimum absolute atomic E-state index is 0.00409. The Morgan fingerprint density at radius 3 is 3.00 bits per heavy atom. The second-order valence-corrected chi connectivity index (χ2v) is 4.05. The summed E-state index contributed by atoms with van der Waals surface area (Å²) < 4.78 is 0. The molecule has 0 bridgehead atoms. The molecule has 1 unspecified atom stereocenters. The van der Waals surface area contributed by atoms with Crippen molar-refractivity contribution < 1.29 is 4.79 Å². The third-order valence-electron chi connectivity index (χ3n) is 2.84. The van der Waals surface area contributed by atoms with Crippen LogP contribution in [-0.4, -0.2) is 30.0 Å². The highest BCUT2D eigenvalue weighted by Crippen LogP contribution is 2.03. The van der Waals surface area contributed by atoms with E-state index in [1.807, 2.05) is 12.1 Å². The molecule has 1 atom stereocenters. The normalized spacial score (nSPS) is 20.5. The second kappa shape index (κ2) is 5.61. The molecule has 1 saturated heterocycles. The molecule has 1 aromatic heterocycles. The number of piperidine rings is 1. The van der Waals surface area contributed by atoms with Gasteiger partial charge in [-0.05, 0) is 43.5 Å². The summed E-state index contributed by atoms with van der Waals surface area (Å²) in [5, 5.41) is 6.16. The molecular weight excluding hydrogens is 202 g/mol. The van der Waals surface area contributed by atoms with E-state index in [0.29, 0.717) is 0 Å². The summed E-state index contributed by atoms with van der Waals surface area (Å²) in [6.07, 6.45) is 6.54. The zero-order valence-electron chi connectivity index (χ0n) is 9.28. The van der Waals surface area contributed by atoms with E-state index >= 15 is 0 Å². The number of aromatic nitrogens is 1. The van der Waals surface area contributed by atoms with E-state index in [-0.39, 0.29) is 11.9 Å². The van der Waals surface area contributed by atoms with E-state index in [1.165, 1.54) is 5.56 Å². The first-order valence-corrected chi connectivity index (χ1v) is 5.76. The van der Waals surface area contributed by atoms with Gasteiger partial charge < -0.3 is 10.6 Å². The van der Waals surface area contributed by atoms with Crippen molar-refractivity contribution in [3.63, 3.8) is 0 Å². The summed E-state index contributed by atoms with van der Waals surface area (Å²) in [6.45, 7) is 1.66. The van der Waals surface area contributed by atoms with Gasteiger partial charge in [0.05, 0.1) is 6.04 Å². The minimum Gasteiger partial charge on any atom is -0.355 e. The fraction of sp³-hybridized carbons (Fsp3) is 0.500. The molecule has 0 saturated carbocycles. The lowest BCUT2D eigenvalue weighted by molar-refractivity contribution is -0.124. The van der Waals surface area contributed by atoms with Gasteiger partial charge in [0.25, 0.3) is 0 Å². The largest absolute Gasteiger partial charge is 0.355 e. The maximum Gasteiger partial charge on any atom is 0.237 e. The van der Waals surface area contributed by atoms with Gasteiger partial charge in [-0.25, -0.2) is 0 Å². The van der Waals surface area contributed by atoms with Crippen LogP contribution in [0.5, 0.6) is 0 Å². The smallest absolute Gasteiger partial charge is 0.237 e. The zero-order chi connectivity index (χ0) is 11.2. The Hall–Kier alpha value is -1.42. The fourth-order valence-electron chi connectivity index (χ4n) is 1.91. The van der Waals surface area contributed by atoms with Crippen molar-refractivity contribution in [3.8, 4) is 0 Å². The van der Waals surface area contributed by atoms with Crippen LogP contribution in [0.3, 0.4) is 0 Å². The molecule has 86 valence electrons. The number of pyridine rings is 1. The monoisotopic (exact) mass is 219 g/mol. The fourth-order valence-corrected chi connectivity index (χ4v) is 1.91. The van der Waals surface area contributed by atoms with Gasteiger partial charge in [-0.15, -0.1) is 0 Å². The van der Waals surface area contributed by atoms with Gasteiger partial charge in [0, 0.05) is 18.9 Å². The molecule has 2 heterocycles. The van der Waals surface area contributed by atoms with Gasteiger partial charge in [-0.1, -0.05) is 0 Å². The number of amides is 1. The van der Waals surface area contributed by atoms with Crippen molar-refractivity contribution in [1.82, 2.24) is 15.6 Å². The third kappa shape index (κ3) is 3.03. The molecule has 2 rings (SSSR count).